The number of benzene rings is 1. The molecule has 3 heteroatoms. The second-order valence-electron chi connectivity index (χ2n) is 2.75. The van der Waals surface area contributed by atoms with Crippen molar-refractivity contribution in [2.45, 2.75) is 0 Å². The van der Waals surface area contributed by atoms with Gasteiger partial charge in [-0.05, 0) is 24.3 Å². The van der Waals surface area contributed by atoms with Gasteiger partial charge in [0, 0.05) is 10.6 Å². The maximum absolute atomic E-state index is 8.65. The van der Waals surface area contributed by atoms with Gasteiger partial charge in [0.15, 0.2) is 0 Å². The topological polar surface area (TPSA) is 33.0 Å². The molecule has 0 bridgehead atoms. The van der Waals surface area contributed by atoms with Gasteiger partial charge in [-0.25, -0.2) is 0 Å². The summed E-state index contributed by atoms with van der Waals surface area (Å²) in [5.74, 6) is 0.742. The first kappa shape index (κ1) is 8.15. The van der Waals surface area contributed by atoms with Crippen LogP contribution in [0.1, 0.15) is 5.56 Å². The molecule has 0 fully saturated rings. The van der Waals surface area contributed by atoms with E-state index in [1.165, 1.54) is 0 Å². The lowest BCUT2D eigenvalue weighted by Crippen LogP contribution is -2.05. The Kier molecular flexibility index (Phi) is 1.96. The summed E-state index contributed by atoms with van der Waals surface area (Å²) in [6, 6.07) is 7.43. The molecule has 1 aliphatic heterocycles. The highest BCUT2D eigenvalue weighted by Crippen LogP contribution is 2.28. The first-order chi connectivity index (χ1) is 6.29. The van der Waals surface area contributed by atoms with Gasteiger partial charge in [0.25, 0.3) is 0 Å². The number of halogens is 1. The molecule has 0 saturated carbocycles. The zero-order valence-corrected chi connectivity index (χ0v) is 7.51. The maximum Gasteiger partial charge on any atom is 0.128 e. The van der Waals surface area contributed by atoms with Crippen LogP contribution in [0.15, 0.2) is 23.8 Å². The lowest BCUT2D eigenvalue weighted by Gasteiger charge is -2.14. The number of nitriles is 1. The van der Waals surface area contributed by atoms with Crippen molar-refractivity contribution in [3.63, 3.8) is 0 Å². The summed E-state index contributed by atoms with van der Waals surface area (Å²) in [7, 11) is 0. The van der Waals surface area contributed by atoms with Crippen molar-refractivity contribution < 1.29 is 4.74 Å². The van der Waals surface area contributed by atoms with E-state index < -0.39 is 0 Å². The molecule has 0 N–H and O–H groups in total. The highest BCUT2D eigenvalue weighted by Gasteiger charge is 2.10. The van der Waals surface area contributed by atoms with E-state index in [0.717, 1.165) is 11.3 Å². The second-order valence-corrected chi connectivity index (χ2v) is 3.19. The minimum absolute atomic E-state index is 0.337. The Balaban J connectivity index is 2.50. The fourth-order valence-electron chi connectivity index (χ4n) is 1.20. The summed E-state index contributed by atoms with van der Waals surface area (Å²) in [5, 5.41) is 9.29. The molecule has 2 nitrogen and oxygen atoms in total. The van der Waals surface area contributed by atoms with E-state index in [9.17, 15) is 0 Å². The monoisotopic (exact) mass is 191 g/mol. The summed E-state index contributed by atoms with van der Waals surface area (Å²) < 4.78 is 5.33. The number of hydrogen-bond acceptors (Lipinski definition) is 2. The lowest BCUT2D eigenvalue weighted by atomic mass is 10.1. The molecule has 0 aromatic heterocycles. The number of ether oxygens (including phenoxy) is 1. The van der Waals surface area contributed by atoms with Crippen molar-refractivity contribution >= 4 is 17.7 Å². The largest absolute Gasteiger partial charge is 0.487 e. The minimum Gasteiger partial charge on any atom is -0.487 e. The number of rotatable bonds is 0. The van der Waals surface area contributed by atoms with E-state index in [2.05, 4.69) is 6.07 Å². The third-order valence-corrected chi connectivity index (χ3v) is 2.07. The SMILES string of the molecule is N#CC1=Cc2ccc(Cl)cc2OC1. The van der Waals surface area contributed by atoms with E-state index >= 15 is 0 Å². The van der Waals surface area contributed by atoms with Crippen molar-refractivity contribution in [2.75, 3.05) is 6.61 Å². The summed E-state index contributed by atoms with van der Waals surface area (Å²) >= 11 is 5.78. The van der Waals surface area contributed by atoms with Gasteiger partial charge in [-0.15, -0.1) is 0 Å². The predicted octanol–water partition coefficient (Wildman–Crippen LogP) is 2.64. The molecular weight excluding hydrogens is 186 g/mol. The maximum atomic E-state index is 8.65. The van der Waals surface area contributed by atoms with Crippen molar-refractivity contribution in [3.05, 3.63) is 34.4 Å². The van der Waals surface area contributed by atoms with E-state index in [0.29, 0.717) is 17.2 Å². The molecule has 1 aromatic rings. The van der Waals surface area contributed by atoms with Gasteiger partial charge in [-0.1, -0.05) is 11.6 Å². The Morgan fingerprint density at radius 3 is 3.08 bits per heavy atom. The molecule has 2 rings (SSSR count). The average molecular weight is 192 g/mol. The lowest BCUT2D eigenvalue weighted by molar-refractivity contribution is 0.352. The van der Waals surface area contributed by atoms with Crippen molar-refractivity contribution in [2.24, 2.45) is 0 Å². The molecule has 0 amide bonds. The fourth-order valence-corrected chi connectivity index (χ4v) is 1.36. The molecule has 0 spiro atoms. The molecule has 0 aliphatic carbocycles. The van der Waals surface area contributed by atoms with Crippen molar-refractivity contribution in [1.82, 2.24) is 0 Å². The Labute approximate surface area is 81.0 Å². The molecule has 1 heterocycles. The smallest absolute Gasteiger partial charge is 0.128 e. The van der Waals surface area contributed by atoms with Gasteiger partial charge in [-0.2, -0.15) is 5.26 Å². The van der Waals surface area contributed by atoms with Crippen LogP contribution in [-0.2, 0) is 0 Å². The summed E-state index contributed by atoms with van der Waals surface area (Å²) in [5.41, 5.74) is 1.54. The van der Waals surface area contributed by atoms with Crippen LogP contribution in [0.5, 0.6) is 5.75 Å². The zero-order valence-electron chi connectivity index (χ0n) is 6.75. The van der Waals surface area contributed by atoms with Crippen LogP contribution in [0.25, 0.3) is 6.08 Å². The van der Waals surface area contributed by atoms with E-state index in [4.69, 9.17) is 21.6 Å². The molecule has 1 aromatic carbocycles. The van der Waals surface area contributed by atoms with Crippen LogP contribution < -0.4 is 4.74 Å². The van der Waals surface area contributed by atoms with E-state index in [1.54, 1.807) is 12.1 Å². The zero-order chi connectivity index (χ0) is 9.26. The Hall–Kier alpha value is -1.46. The number of fused-ring (bicyclic) bond motifs is 1. The van der Waals surface area contributed by atoms with Crippen molar-refractivity contribution in [3.8, 4) is 11.8 Å². The van der Waals surface area contributed by atoms with Gasteiger partial charge < -0.3 is 4.74 Å². The standard InChI is InChI=1S/C10H6ClNO/c11-9-2-1-8-3-7(5-12)6-13-10(8)4-9/h1-4H,6H2. The highest BCUT2D eigenvalue weighted by atomic mass is 35.5. The van der Waals surface area contributed by atoms with Crippen LogP contribution in [0.2, 0.25) is 5.02 Å². The van der Waals surface area contributed by atoms with Gasteiger partial charge in [0.05, 0.1) is 11.6 Å². The van der Waals surface area contributed by atoms with Crippen LogP contribution in [-0.4, -0.2) is 6.61 Å². The molecular formula is C10H6ClNO. The van der Waals surface area contributed by atoms with Gasteiger partial charge in [0.1, 0.15) is 12.4 Å². The first-order valence-corrected chi connectivity index (χ1v) is 4.20. The van der Waals surface area contributed by atoms with Crippen LogP contribution in [0, 0.1) is 11.3 Å². The predicted molar refractivity (Wildman–Crippen MR) is 50.5 cm³/mol. The molecule has 0 unspecified atom stereocenters. The van der Waals surface area contributed by atoms with Crippen LogP contribution in [0.3, 0.4) is 0 Å². The molecule has 0 atom stereocenters. The van der Waals surface area contributed by atoms with E-state index in [-0.39, 0.29) is 0 Å². The first-order valence-electron chi connectivity index (χ1n) is 3.82. The number of nitrogens with zero attached hydrogens (tertiary/aromatic N) is 1. The van der Waals surface area contributed by atoms with Crippen molar-refractivity contribution in [1.29, 1.82) is 5.26 Å². The Morgan fingerprint density at radius 2 is 2.31 bits per heavy atom. The third kappa shape index (κ3) is 1.51. The van der Waals surface area contributed by atoms with E-state index in [1.807, 2.05) is 12.1 Å². The average Bonchev–Trinajstić information content (AvgIpc) is 2.17. The Bertz CT molecular complexity index is 417. The molecule has 0 saturated heterocycles. The summed E-state index contributed by atoms with van der Waals surface area (Å²) in [6.07, 6.45) is 1.81. The normalized spacial score (nSPS) is 13.7. The van der Waals surface area contributed by atoms with Crippen LogP contribution >= 0.6 is 11.6 Å². The summed E-state index contributed by atoms with van der Waals surface area (Å²) in [4.78, 5) is 0. The third-order valence-electron chi connectivity index (χ3n) is 1.83. The van der Waals surface area contributed by atoms with Crippen LogP contribution in [0.4, 0.5) is 0 Å². The van der Waals surface area contributed by atoms with Gasteiger partial charge in [0.2, 0.25) is 0 Å². The number of hydrogen-bond donors (Lipinski definition) is 0. The minimum atomic E-state index is 0.337. The Morgan fingerprint density at radius 1 is 1.46 bits per heavy atom. The second kappa shape index (κ2) is 3.12. The quantitative estimate of drug-likeness (QED) is 0.632. The van der Waals surface area contributed by atoms with Gasteiger partial charge >= 0.3 is 0 Å². The molecule has 0 radical (unpaired) electrons. The summed E-state index contributed by atoms with van der Waals surface area (Å²) in [6.45, 7) is 0.337. The fraction of sp³-hybridized carbons (Fsp3) is 0.100. The van der Waals surface area contributed by atoms with Gasteiger partial charge in [-0.3, -0.25) is 0 Å². The molecule has 13 heavy (non-hydrogen) atoms. The molecule has 64 valence electrons. The molecule has 1 aliphatic rings. The highest BCUT2D eigenvalue weighted by molar-refractivity contribution is 6.30.